The molecule has 0 saturated carbocycles. The lowest BCUT2D eigenvalue weighted by atomic mass is 9.83. The molecule has 3 nitrogen and oxygen atoms in total. The van der Waals surface area contributed by atoms with Crippen LogP contribution in [0.2, 0.25) is 0 Å². The van der Waals surface area contributed by atoms with Crippen molar-refractivity contribution in [2.45, 2.75) is 32.7 Å². The van der Waals surface area contributed by atoms with Crippen molar-refractivity contribution in [3.8, 4) is 12.3 Å². The minimum atomic E-state index is -0.349. The van der Waals surface area contributed by atoms with E-state index in [1.807, 2.05) is 18.2 Å². The molecule has 2 rings (SSSR count). The predicted octanol–water partition coefficient (Wildman–Crippen LogP) is 2.40. The van der Waals surface area contributed by atoms with Gasteiger partial charge >= 0.3 is 0 Å². The molecule has 18 heavy (non-hydrogen) atoms. The van der Waals surface area contributed by atoms with Gasteiger partial charge in [-0.1, -0.05) is 25.8 Å². The molecule has 1 aromatic heterocycles. The molecule has 94 valence electrons. The number of hydrogen-bond acceptors (Lipinski definition) is 2. The van der Waals surface area contributed by atoms with Gasteiger partial charge in [0.25, 0.3) is 0 Å². The summed E-state index contributed by atoms with van der Waals surface area (Å²) in [5, 5.41) is 0. The van der Waals surface area contributed by atoms with Crippen LogP contribution in [0.15, 0.2) is 24.4 Å². The van der Waals surface area contributed by atoms with Crippen molar-refractivity contribution in [2.75, 3.05) is 6.54 Å². The first-order valence-electron chi connectivity index (χ1n) is 6.20. The van der Waals surface area contributed by atoms with Crippen LogP contribution in [0.4, 0.5) is 0 Å². The fourth-order valence-electron chi connectivity index (χ4n) is 2.33. The summed E-state index contributed by atoms with van der Waals surface area (Å²) < 4.78 is 0. The van der Waals surface area contributed by atoms with Crippen LogP contribution in [0.25, 0.3) is 0 Å². The minimum Gasteiger partial charge on any atom is -0.323 e. The third kappa shape index (κ3) is 2.53. The van der Waals surface area contributed by atoms with Gasteiger partial charge in [-0.25, -0.2) is 0 Å². The lowest BCUT2D eigenvalue weighted by Gasteiger charge is -2.40. The second-order valence-corrected chi connectivity index (χ2v) is 5.51. The Morgan fingerprint density at radius 3 is 2.89 bits per heavy atom. The SMILES string of the molecule is C#CC(c1ccccn1)N1CC(C)(C)CCC1=O. The molecule has 3 heteroatoms. The van der Waals surface area contributed by atoms with Gasteiger partial charge in [0.05, 0.1) is 5.69 Å². The van der Waals surface area contributed by atoms with Crippen molar-refractivity contribution in [1.29, 1.82) is 0 Å². The maximum Gasteiger partial charge on any atom is 0.223 e. The molecule has 0 bridgehead atoms. The van der Waals surface area contributed by atoms with Crippen LogP contribution in [0, 0.1) is 17.8 Å². The number of terminal acetylenes is 1. The number of rotatable bonds is 2. The Morgan fingerprint density at radius 1 is 1.50 bits per heavy atom. The Hall–Kier alpha value is -1.82. The number of carbonyl (C=O) groups excluding carboxylic acids is 1. The van der Waals surface area contributed by atoms with E-state index in [9.17, 15) is 4.79 Å². The smallest absolute Gasteiger partial charge is 0.223 e. The first-order chi connectivity index (χ1) is 8.53. The monoisotopic (exact) mass is 242 g/mol. The van der Waals surface area contributed by atoms with E-state index in [2.05, 4.69) is 24.8 Å². The molecule has 1 fully saturated rings. The molecular formula is C15H18N2O. The molecule has 0 N–H and O–H groups in total. The van der Waals surface area contributed by atoms with Crippen LogP contribution in [0.1, 0.15) is 38.4 Å². The molecule has 1 saturated heterocycles. The molecule has 0 spiro atoms. The van der Waals surface area contributed by atoms with Gasteiger partial charge in [-0.2, -0.15) is 0 Å². The molecule has 1 atom stereocenters. The zero-order valence-electron chi connectivity index (χ0n) is 10.9. The van der Waals surface area contributed by atoms with Crippen molar-refractivity contribution in [2.24, 2.45) is 5.41 Å². The summed E-state index contributed by atoms with van der Waals surface area (Å²) in [4.78, 5) is 18.1. The Bertz CT molecular complexity index is 473. The van der Waals surface area contributed by atoms with Gasteiger partial charge in [-0.3, -0.25) is 9.78 Å². The number of amides is 1. The van der Waals surface area contributed by atoms with E-state index in [1.54, 1.807) is 11.1 Å². The zero-order chi connectivity index (χ0) is 13.2. The highest BCUT2D eigenvalue weighted by Crippen LogP contribution is 2.33. The van der Waals surface area contributed by atoms with Crippen molar-refractivity contribution >= 4 is 5.91 Å². The number of nitrogens with zero attached hydrogens (tertiary/aromatic N) is 2. The lowest BCUT2D eigenvalue weighted by molar-refractivity contribution is -0.138. The predicted molar refractivity (Wildman–Crippen MR) is 70.5 cm³/mol. The average Bonchev–Trinajstić information content (AvgIpc) is 2.36. The molecule has 1 unspecified atom stereocenters. The van der Waals surface area contributed by atoms with Crippen molar-refractivity contribution in [3.63, 3.8) is 0 Å². The molecule has 0 aromatic carbocycles. The van der Waals surface area contributed by atoms with Crippen LogP contribution < -0.4 is 0 Å². The first-order valence-corrected chi connectivity index (χ1v) is 6.20. The summed E-state index contributed by atoms with van der Waals surface area (Å²) >= 11 is 0. The standard InChI is InChI=1S/C15H18N2O/c1-4-13(12-7-5-6-10-16-12)17-11-15(2,3)9-8-14(17)18/h1,5-7,10,13H,8-9,11H2,2-3H3. The third-order valence-corrected chi connectivity index (χ3v) is 3.37. The first kappa shape index (κ1) is 12.6. The minimum absolute atomic E-state index is 0.123. The van der Waals surface area contributed by atoms with Crippen molar-refractivity contribution < 1.29 is 4.79 Å². The summed E-state index contributed by atoms with van der Waals surface area (Å²) in [6, 6.07) is 5.27. The zero-order valence-corrected chi connectivity index (χ0v) is 10.9. The van der Waals surface area contributed by atoms with Gasteiger partial charge < -0.3 is 4.90 Å². The largest absolute Gasteiger partial charge is 0.323 e. The average molecular weight is 242 g/mol. The molecule has 0 radical (unpaired) electrons. The van der Waals surface area contributed by atoms with Crippen LogP contribution in [0.3, 0.4) is 0 Å². The van der Waals surface area contributed by atoms with Gasteiger partial charge in [-0.05, 0) is 24.0 Å². The number of likely N-dealkylation sites (tertiary alicyclic amines) is 1. The number of carbonyl (C=O) groups is 1. The van der Waals surface area contributed by atoms with E-state index < -0.39 is 0 Å². The van der Waals surface area contributed by atoms with Gasteiger partial charge in [-0.15, -0.1) is 6.42 Å². The molecule has 2 heterocycles. The molecule has 1 aliphatic rings. The van der Waals surface area contributed by atoms with Gasteiger partial charge in [0.2, 0.25) is 5.91 Å². The highest BCUT2D eigenvalue weighted by molar-refractivity contribution is 5.78. The van der Waals surface area contributed by atoms with Crippen molar-refractivity contribution in [1.82, 2.24) is 9.88 Å². The van der Waals surface area contributed by atoms with Crippen LogP contribution in [0.5, 0.6) is 0 Å². The van der Waals surface area contributed by atoms with E-state index in [1.165, 1.54) is 0 Å². The Labute approximate surface area is 108 Å². The summed E-state index contributed by atoms with van der Waals surface area (Å²) in [6.07, 6.45) is 8.80. The fraction of sp³-hybridized carbons (Fsp3) is 0.467. The van der Waals surface area contributed by atoms with Gasteiger partial charge in [0.15, 0.2) is 0 Å². The summed E-state index contributed by atoms with van der Waals surface area (Å²) in [7, 11) is 0. The normalized spacial score (nSPS) is 20.3. The van der Waals surface area contributed by atoms with E-state index >= 15 is 0 Å². The Balaban J connectivity index is 2.28. The number of hydrogen-bond donors (Lipinski definition) is 0. The maximum atomic E-state index is 12.1. The topological polar surface area (TPSA) is 33.2 Å². The summed E-state index contributed by atoms with van der Waals surface area (Å²) in [5.74, 6) is 2.83. The number of piperidine rings is 1. The molecular weight excluding hydrogens is 224 g/mol. The fourth-order valence-corrected chi connectivity index (χ4v) is 2.33. The molecule has 1 amide bonds. The quantitative estimate of drug-likeness (QED) is 0.746. The van der Waals surface area contributed by atoms with Crippen LogP contribution >= 0.6 is 0 Å². The molecule has 1 aliphatic heterocycles. The highest BCUT2D eigenvalue weighted by atomic mass is 16.2. The second kappa shape index (κ2) is 4.81. The van der Waals surface area contributed by atoms with E-state index in [4.69, 9.17) is 6.42 Å². The highest BCUT2D eigenvalue weighted by Gasteiger charge is 2.35. The van der Waals surface area contributed by atoms with Gasteiger partial charge in [0.1, 0.15) is 6.04 Å². The van der Waals surface area contributed by atoms with E-state index in [-0.39, 0.29) is 17.4 Å². The number of aromatic nitrogens is 1. The lowest BCUT2D eigenvalue weighted by Crippen LogP contribution is -2.45. The summed E-state index contributed by atoms with van der Waals surface area (Å²) in [5.41, 5.74) is 0.892. The Kier molecular flexibility index (Phi) is 3.38. The molecule has 1 aromatic rings. The van der Waals surface area contributed by atoms with Crippen molar-refractivity contribution in [3.05, 3.63) is 30.1 Å². The summed E-state index contributed by atoms with van der Waals surface area (Å²) in [6.45, 7) is 5.02. The van der Waals surface area contributed by atoms with E-state index in [0.717, 1.165) is 12.1 Å². The van der Waals surface area contributed by atoms with Crippen LogP contribution in [-0.2, 0) is 4.79 Å². The number of pyridine rings is 1. The third-order valence-electron chi connectivity index (χ3n) is 3.37. The van der Waals surface area contributed by atoms with Gasteiger partial charge in [0, 0.05) is 19.2 Å². The molecule has 0 aliphatic carbocycles. The van der Waals surface area contributed by atoms with Crippen LogP contribution in [-0.4, -0.2) is 22.3 Å². The second-order valence-electron chi connectivity index (χ2n) is 5.51. The maximum absolute atomic E-state index is 12.1. The van der Waals surface area contributed by atoms with E-state index in [0.29, 0.717) is 13.0 Å². The Morgan fingerprint density at radius 2 is 2.28 bits per heavy atom.